The van der Waals surface area contributed by atoms with Gasteiger partial charge in [0, 0.05) is 5.56 Å². The minimum atomic E-state index is -1.12. The summed E-state index contributed by atoms with van der Waals surface area (Å²) < 4.78 is 13.0. The lowest BCUT2D eigenvalue weighted by Gasteiger charge is -2.11. The molecule has 0 saturated heterocycles. The molecule has 2 N–H and O–H groups in total. The lowest BCUT2D eigenvalue weighted by atomic mass is 10.0. The number of hydrogen-bond acceptors (Lipinski definition) is 2. The van der Waals surface area contributed by atoms with Crippen molar-refractivity contribution in [2.24, 2.45) is 0 Å². The van der Waals surface area contributed by atoms with Gasteiger partial charge >= 0.3 is 5.97 Å². The highest BCUT2D eigenvalue weighted by Gasteiger charge is 2.22. The van der Waals surface area contributed by atoms with Crippen LogP contribution in [0.15, 0.2) is 16.6 Å². The Morgan fingerprint density at radius 2 is 2.14 bits per heavy atom. The van der Waals surface area contributed by atoms with Gasteiger partial charge in [-0.3, -0.25) is 4.79 Å². The first-order chi connectivity index (χ1) is 6.45. The SMILES string of the molecule is CC(C(=O)O)c1c(O)ccc(F)c1Br. The zero-order chi connectivity index (χ0) is 10.9. The highest BCUT2D eigenvalue weighted by molar-refractivity contribution is 9.10. The Bertz CT molecular complexity index is 379. The number of halogens is 2. The van der Waals surface area contributed by atoms with E-state index in [1.54, 1.807) is 0 Å². The van der Waals surface area contributed by atoms with E-state index in [2.05, 4.69) is 15.9 Å². The summed E-state index contributed by atoms with van der Waals surface area (Å²) in [4.78, 5) is 10.7. The number of hydrogen-bond donors (Lipinski definition) is 2. The lowest BCUT2D eigenvalue weighted by molar-refractivity contribution is -0.138. The topological polar surface area (TPSA) is 57.5 Å². The van der Waals surface area contributed by atoms with Gasteiger partial charge in [0.1, 0.15) is 11.6 Å². The van der Waals surface area contributed by atoms with Crippen molar-refractivity contribution < 1.29 is 19.4 Å². The van der Waals surface area contributed by atoms with Crippen molar-refractivity contribution in [1.29, 1.82) is 0 Å². The monoisotopic (exact) mass is 262 g/mol. The molecule has 0 bridgehead atoms. The van der Waals surface area contributed by atoms with Crippen molar-refractivity contribution in [2.45, 2.75) is 12.8 Å². The number of rotatable bonds is 2. The number of phenols is 1. The van der Waals surface area contributed by atoms with Gasteiger partial charge in [0.2, 0.25) is 0 Å². The Kier molecular flexibility index (Phi) is 3.10. The van der Waals surface area contributed by atoms with Crippen LogP contribution in [0.4, 0.5) is 4.39 Å². The van der Waals surface area contributed by atoms with Crippen LogP contribution in [0.25, 0.3) is 0 Å². The number of aromatic hydroxyl groups is 1. The van der Waals surface area contributed by atoms with E-state index < -0.39 is 17.7 Å². The summed E-state index contributed by atoms with van der Waals surface area (Å²) >= 11 is 2.90. The van der Waals surface area contributed by atoms with Crippen molar-refractivity contribution in [2.75, 3.05) is 0 Å². The highest BCUT2D eigenvalue weighted by atomic mass is 79.9. The first-order valence-electron chi connectivity index (χ1n) is 3.84. The second-order valence-corrected chi connectivity index (χ2v) is 3.65. The maximum atomic E-state index is 13.0. The van der Waals surface area contributed by atoms with E-state index in [-0.39, 0.29) is 15.8 Å². The van der Waals surface area contributed by atoms with Crippen molar-refractivity contribution >= 4 is 21.9 Å². The summed E-state index contributed by atoms with van der Waals surface area (Å²) in [6, 6.07) is 2.20. The van der Waals surface area contributed by atoms with Gasteiger partial charge in [-0.15, -0.1) is 0 Å². The predicted octanol–water partition coefficient (Wildman–Crippen LogP) is 2.48. The molecule has 0 aliphatic rings. The molecule has 3 nitrogen and oxygen atoms in total. The molecule has 1 rings (SSSR count). The van der Waals surface area contributed by atoms with Crippen molar-refractivity contribution in [3.05, 3.63) is 28.0 Å². The quantitative estimate of drug-likeness (QED) is 0.861. The van der Waals surface area contributed by atoms with Crippen LogP contribution < -0.4 is 0 Å². The summed E-state index contributed by atoms with van der Waals surface area (Å²) in [5.74, 6) is -2.90. The second-order valence-electron chi connectivity index (χ2n) is 2.85. The third kappa shape index (κ3) is 1.87. The molecule has 0 aliphatic heterocycles. The first-order valence-corrected chi connectivity index (χ1v) is 4.64. The molecule has 1 aromatic rings. The molecule has 0 fully saturated rings. The molecule has 1 unspecified atom stereocenters. The van der Waals surface area contributed by atoms with Crippen molar-refractivity contribution in [3.63, 3.8) is 0 Å². The molecule has 0 aliphatic carbocycles. The zero-order valence-corrected chi connectivity index (χ0v) is 8.88. The fourth-order valence-corrected chi connectivity index (χ4v) is 1.77. The molecule has 5 heteroatoms. The van der Waals surface area contributed by atoms with Crippen LogP contribution >= 0.6 is 15.9 Å². The third-order valence-electron chi connectivity index (χ3n) is 1.91. The van der Waals surface area contributed by atoms with Gasteiger partial charge in [-0.25, -0.2) is 4.39 Å². The standard InChI is InChI=1S/C9H8BrFO3/c1-4(9(13)14)7-6(12)3-2-5(11)8(7)10/h2-4,12H,1H3,(H,13,14). The third-order valence-corrected chi connectivity index (χ3v) is 2.72. The minimum Gasteiger partial charge on any atom is -0.508 e. The van der Waals surface area contributed by atoms with Gasteiger partial charge in [0.05, 0.1) is 10.4 Å². The number of carboxylic acids is 1. The Hall–Kier alpha value is -1.10. The Morgan fingerprint density at radius 1 is 1.57 bits per heavy atom. The molecule has 0 spiro atoms. The van der Waals surface area contributed by atoms with E-state index in [4.69, 9.17) is 5.11 Å². The molecule has 0 aromatic heterocycles. The summed E-state index contributed by atoms with van der Waals surface area (Å²) in [5.41, 5.74) is 0.0532. The van der Waals surface area contributed by atoms with Crippen LogP contribution in [0.2, 0.25) is 0 Å². The van der Waals surface area contributed by atoms with E-state index in [0.29, 0.717) is 0 Å². The summed E-state index contributed by atoms with van der Waals surface area (Å²) in [6.45, 7) is 1.38. The van der Waals surface area contributed by atoms with Gasteiger partial charge in [-0.2, -0.15) is 0 Å². The van der Waals surface area contributed by atoms with E-state index in [0.717, 1.165) is 12.1 Å². The smallest absolute Gasteiger partial charge is 0.310 e. The molecule has 0 saturated carbocycles. The number of carbonyl (C=O) groups is 1. The molecule has 76 valence electrons. The van der Waals surface area contributed by atoms with Crippen LogP contribution in [0.5, 0.6) is 5.75 Å². The number of carboxylic acid groups (broad SMARTS) is 1. The van der Waals surface area contributed by atoms with Gasteiger partial charge in [0.25, 0.3) is 0 Å². The van der Waals surface area contributed by atoms with Crippen LogP contribution in [-0.4, -0.2) is 16.2 Å². The van der Waals surface area contributed by atoms with Gasteiger partial charge in [-0.05, 0) is 35.0 Å². The fraction of sp³-hybridized carbons (Fsp3) is 0.222. The molecular weight excluding hydrogens is 255 g/mol. The summed E-state index contributed by atoms with van der Waals surface area (Å²) in [5, 5.41) is 18.1. The van der Waals surface area contributed by atoms with Crippen LogP contribution in [0, 0.1) is 5.82 Å². The molecule has 0 radical (unpaired) electrons. The zero-order valence-electron chi connectivity index (χ0n) is 7.29. The summed E-state index contributed by atoms with van der Waals surface area (Å²) in [6.07, 6.45) is 0. The average molecular weight is 263 g/mol. The molecule has 1 atom stereocenters. The predicted molar refractivity (Wildman–Crippen MR) is 51.8 cm³/mol. The van der Waals surface area contributed by atoms with Crippen LogP contribution in [0.1, 0.15) is 18.4 Å². The molecule has 14 heavy (non-hydrogen) atoms. The van der Waals surface area contributed by atoms with Gasteiger partial charge in [-0.1, -0.05) is 0 Å². The van der Waals surface area contributed by atoms with Crippen molar-refractivity contribution in [3.8, 4) is 5.75 Å². The molecular formula is C9H8BrFO3. The van der Waals surface area contributed by atoms with E-state index in [9.17, 15) is 14.3 Å². The number of benzene rings is 1. The van der Waals surface area contributed by atoms with E-state index >= 15 is 0 Å². The lowest BCUT2D eigenvalue weighted by Crippen LogP contribution is -2.09. The Balaban J connectivity index is 3.32. The van der Waals surface area contributed by atoms with Crippen LogP contribution in [0.3, 0.4) is 0 Å². The van der Waals surface area contributed by atoms with Gasteiger partial charge in [0.15, 0.2) is 0 Å². The average Bonchev–Trinajstić information content (AvgIpc) is 2.12. The van der Waals surface area contributed by atoms with Crippen LogP contribution in [-0.2, 0) is 4.79 Å². The molecule has 0 amide bonds. The Morgan fingerprint density at radius 3 is 2.64 bits per heavy atom. The van der Waals surface area contributed by atoms with Crippen molar-refractivity contribution in [1.82, 2.24) is 0 Å². The molecule has 1 aromatic carbocycles. The largest absolute Gasteiger partial charge is 0.508 e. The maximum Gasteiger partial charge on any atom is 0.310 e. The number of phenolic OH excluding ortho intramolecular Hbond substituents is 1. The van der Waals surface area contributed by atoms with E-state index in [1.807, 2.05) is 0 Å². The molecule has 0 heterocycles. The number of aliphatic carboxylic acids is 1. The fourth-order valence-electron chi connectivity index (χ4n) is 1.09. The summed E-state index contributed by atoms with van der Waals surface area (Å²) in [7, 11) is 0. The minimum absolute atomic E-state index is 0.00704. The van der Waals surface area contributed by atoms with Gasteiger partial charge < -0.3 is 10.2 Å². The maximum absolute atomic E-state index is 13.0. The highest BCUT2D eigenvalue weighted by Crippen LogP contribution is 2.34. The second kappa shape index (κ2) is 3.96. The van der Waals surface area contributed by atoms with E-state index in [1.165, 1.54) is 6.92 Å². The Labute approximate surface area is 88.3 Å². The normalized spacial score (nSPS) is 12.5. The first kappa shape index (κ1) is 11.0.